The minimum atomic E-state index is 0.811. The Morgan fingerprint density at radius 2 is 0.500 bits per heavy atom. The molecule has 0 aliphatic rings. The van der Waals surface area contributed by atoms with Gasteiger partial charge in [0.15, 0.2) is 0 Å². The van der Waals surface area contributed by atoms with Crippen molar-refractivity contribution in [1.82, 2.24) is 9.13 Å². The zero-order valence-electron chi connectivity index (χ0n) is 66.3. The average Bonchev–Trinajstić information content (AvgIpc) is 1.59. The number of fused-ring (bicyclic) bond motifs is 14. The maximum atomic E-state index is 6.95. The van der Waals surface area contributed by atoms with Crippen LogP contribution in [0.25, 0.3) is 198 Å². The van der Waals surface area contributed by atoms with Crippen LogP contribution >= 0.6 is 0 Å². The van der Waals surface area contributed by atoms with Gasteiger partial charge in [0.2, 0.25) is 0 Å². The molecule has 6 nitrogen and oxygen atoms in total. The van der Waals surface area contributed by atoms with Crippen LogP contribution in [0, 0.1) is 0 Å². The molecule has 0 fully saturated rings. The molecule has 0 saturated heterocycles. The lowest BCUT2D eigenvalue weighted by Crippen LogP contribution is -2.11. The van der Waals surface area contributed by atoms with Crippen LogP contribution in [0.5, 0.6) is 0 Å². The van der Waals surface area contributed by atoms with Crippen LogP contribution in [0.3, 0.4) is 0 Å². The number of anilines is 6. The Labute approximate surface area is 704 Å². The molecule has 24 aromatic rings. The number of furan rings is 2. The predicted octanol–water partition coefficient (Wildman–Crippen LogP) is 32.6. The van der Waals surface area contributed by atoms with Crippen molar-refractivity contribution in [2.75, 3.05) is 9.80 Å². The fourth-order valence-electron chi connectivity index (χ4n) is 19.1. The van der Waals surface area contributed by atoms with E-state index < -0.39 is 0 Å². The van der Waals surface area contributed by atoms with E-state index in [4.69, 9.17) is 8.83 Å². The number of aromatic nitrogens is 2. The lowest BCUT2D eigenvalue weighted by atomic mass is 9.96. The topological polar surface area (TPSA) is 42.6 Å². The third kappa shape index (κ3) is 11.9. The molecule has 4 aromatic heterocycles. The second-order valence-corrected chi connectivity index (χ2v) is 31.9. The third-order valence-electron chi connectivity index (χ3n) is 24.8. The van der Waals surface area contributed by atoms with Crippen LogP contribution in [0.1, 0.15) is 0 Å². The highest BCUT2D eigenvalue weighted by molar-refractivity contribution is 6.16. The van der Waals surface area contributed by atoms with Gasteiger partial charge in [-0.05, 0) is 258 Å². The lowest BCUT2D eigenvalue weighted by molar-refractivity contribution is 0.668. The highest BCUT2D eigenvalue weighted by Crippen LogP contribution is 2.49. The van der Waals surface area contributed by atoms with E-state index in [0.29, 0.717) is 0 Å². The van der Waals surface area contributed by atoms with E-state index in [2.05, 4.69) is 468 Å². The van der Waals surface area contributed by atoms with Crippen molar-refractivity contribution in [2.24, 2.45) is 0 Å². The number of rotatable bonds is 15. The molecular formula is C116H74N4O2. The second kappa shape index (κ2) is 28.8. The third-order valence-corrected chi connectivity index (χ3v) is 24.8. The number of para-hydroxylation sites is 5. The van der Waals surface area contributed by atoms with Gasteiger partial charge in [-0.3, -0.25) is 0 Å². The molecular weight excluding hydrogens is 1480 g/mol. The van der Waals surface area contributed by atoms with Gasteiger partial charge in [-0.25, -0.2) is 0 Å². The minimum Gasteiger partial charge on any atom is -0.456 e. The molecule has 0 aliphatic carbocycles. The van der Waals surface area contributed by atoms with E-state index in [0.717, 1.165) is 167 Å². The molecule has 122 heavy (non-hydrogen) atoms. The van der Waals surface area contributed by atoms with Crippen LogP contribution < -0.4 is 9.80 Å². The van der Waals surface area contributed by atoms with Crippen molar-refractivity contribution in [3.8, 4) is 89.3 Å². The van der Waals surface area contributed by atoms with Gasteiger partial charge in [-0.15, -0.1) is 0 Å². The summed E-state index contributed by atoms with van der Waals surface area (Å²) < 4.78 is 18.7. The molecule has 24 rings (SSSR count). The normalized spacial score (nSPS) is 11.8. The van der Waals surface area contributed by atoms with Gasteiger partial charge in [0.05, 0.1) is 27.8 Å². The monoisotopic (exact) mass is 1550 g/mol. The summed E-state index contributed by atoms with van der Waals surface area (Å²) in [4.78, 5) is 4.81. The van der Waals surface area contributed by atoms with Crippen molar-refractivity contribution in [2.45, 2.75) is 0 Å². The van der Waals surface area contributed by atoms with Gasteiger partial charge in [0.25, 0.3) is 0 Å². The molecule has 0 radical (unpaired) electrons. The number of hydrogen-bond acceptors (Lipinski definition) is 4. The lowest BCUT2D eigenvalue weighted by Gasteiger charge is -2.28. The molecule has 0 unspecified atom stereocenters. The molecule has 0 aliphatic heterocycles. The molecule has 0 N–H and O–H groups in total. The van der Waals surface area contributed by atoms with Crippen LogP contribution in [0.15, 0.2) is 458 Å². The Morgan fingerprint density at radius 1 is 0.172 bits per heavy atom. The maximum Gasteiger partial charge on any atom is 0.136 e. The standard InChI is InChI=1S/C116H74N4O2/c1-3-24-79-66-84(52-50-75(79)22-1)83-28-17-31-92(70-83)117(90-60-54-77(55-61-90)81-26-15-34-95(68-81)119-107-44-11-6-37-100(107)101-38-7-12-45-108(101)119)93-32-18-29-87(71-93)98-41-20-48-111-115(98)104-64-58-85(73-113(104)121-111)86-59-65-105-114(74-86)122-112-49-21-42-99(116(105)112)88-30-19-33-94(72-88)118(106-43-10-5-36-97(106)89-53-51-76-23-2-4-25-80(76)67-89)91-62-56-78(57-63-91)82-27-16-35-96(69-82)120-109-46-13-8-39-102(109)103-40-9-14-47-110(103)120/h1-74H. The zero-order chi connectivity index (χ0) is 80.3. The summed E-state index contributed by atoms with van der Waals surface area (Å²) in [6.07, 6.45) is 0. The first kappa shape index (κ1) is 70.0. The summed E-state index contributed by atoms with van der Waals surface area (Å²) in [5.41, 5.74) is 32.0. The summed E-state index contributed by atoms with van der Waals surface area (Å²) in [6.45, 7) is 0. The van der Waals surface area contributed by atoms with Gasteiger partial charge < -0.3 is 27.8 Å². The Morgan fingerprint density at radius 3 is 0.992 bits per heavy atom. The summed E-state index contributed by atoms with van der Waals surface area (Å²) in [7, 11) is 0. The van der Waals surface area contributed by atoms with E-state index in [1.807, 2.05) is 0 Å². The first-order chi connectivity index (χ1) is 60.4. The van der Waals surface area contributed by atoms with Crippen molar-refractivity contribution in [1.29, 1.82) is 0 Å². The van der Waals surface area contributed by atoms with E-state index in [-0.39, 0.29) is 0 Å². The molecule has 6 heteroatoms. The number of benzene rings is 20. The first-order valence-corrected chi connectivity index (χ1v) is 41.7. The number of hydrogen-bond donors (Lipinski definition) is 0. The fourth-order valence-corrected chi connectivity index (χ4v) is 19.1. The van der Waals surface area contributed by atoms with E-state index in [1.165, 1.54) is 65.2 Å². The quantitative estimate of drug-likeness (QED) is 0.103. The van der Waals surface area contributed by atoms with Crippen LogP contribution in [-0.4, -0.2) is 9.13 Å². The zero-order valence-corrected chi connectivity index (χ0v) is 66.3. The molecule has 0 atom stereocenters. The minimum absolute atomic E-state index is 0.811. The smallest absolute Gasteiger partial charge is 0.136 e. The Bertz CT molecular complexity index is 8200. The Balaban J connectivity index is 0.561. The van der Waals surface area contributed by atoms with Crippen molar-refractivity contribution in [3.05, 3.63) is 449 Å². The van der Waals surface area contributed by atoms with Crippen LogP contribution in [-0.2, 0) is 0 Å². The van der Waals surface area contributed by atoms with Gasteiger partial charge in [-0.2, -0.15) is 0 Å². The van der Waals surface area contributed by atoms with Gasteiger partial charge in [0, 0.05) is 88.5 Å². The molecule has 0 spiro atoms. The van der Waals surface area contributed by atoms with Gasteiger partial charge >= 0.3 is 0 Å². The first-order valence-electron chi connectivity index (χ1n) is 41.7. The largest absolute Gasteiger partial charge is 0.456 e. The fraction of sp³-hybridized carbons (Fsp3) is 0. The van der Waals surface area contributed by atoms with Crippen LogP contribution in [0.2, 0.25) is 0 Å². The van der Waals surface area contributed by atoms with E-state index >= 15 is 0 Å². The van der Waals surface area contributed by atoms with E-state index in [9.17, 15) is 0 Å². The highest BCUT2D eigenvalue weighted by Gasteiger charge is 2.24. The van der Waals surface area contributed by atoms with Crippen molar-refractivity contribution >= 4 is 143 Å². The summed E-state index contributed by atoms with van der Waals surface area (Å²) in [5.74, 6) is 0. The second-order valence-electron chi connectivity index (χ2n) is 31.9. The highest BCUT2D eigenvalue weighted by atomic mass is 16.3. The van der Waals surface area contributed by atoms with Crippen molar-refractivity contribution < 1.29 is 8.83 Å². The molecule has 0 saturated carbocycles. The molecule has 570 valence electrons. The molecule has 20 aromatic carbocycles. The van der Waals surface area contributed by atoms with Crippen molar-refractivity contribution in [3.63, 3.8) is 0 Å². The molecule has 0 bridgehead atoms. The summed E-state index contributed by atoms with van der Waals surface area (Å²) in [5, 5.41) is 14.0. The van der Waals surface area contributed by atoms with E-state index in [1.54, 1.807) is 0 Å². The molecule has 0 amide bonds. The summed E-state index contributed by atoms with van der Waals surface area (Å²) >= 11 is 0. The Kier molecular flexibility index (Phi) is 16.5. The molecule has 4 heterocycles. The number of nitrogens with zero attached hydrogens (tertiary/aromatic N) is 4. The van der Waals surface area contributed by atoms with Gasteiger partial charge in [-0.1, -0.05) is 285 Å². The average molecular weight is 1560 g/mol. The Hall–Kier alpha value is -16.3. The van der Waals surface area contributed by atoms with Gasteiger partial charge in [0.1, 0.15) is 22.3 Å². The maximum absolute atomic E-state index is 6.95. The van der Waals surface area contributed by atoms with Crippen LogP contribution in [0.4, 0.5) is 34.1 Å². The summed E-state index contributed by atoms with van der Waals surface area (Å²) in [6, 6.07) is 163. The SMILES string of the molecule is c1cc(-c2ccc3ccccc3c2)cc(N(c2ccc(-c3cccc(-n4c5ccccc5c5ccccc54)c3)cc2)c2cccc(-c3cccc4oc5cc(-c6ccc7c(c6)oc6cccc(-c8cccc(N(c9ccc(-c%10cccc(-n%11c%12ccccc%12c%12ccccc%12%11)c%10)cc9)c9ccccc9-c9ccc%10ccccc%10c9)c8)c67)ccc5c34)c2)c1. The predicted molar refractivity (Wildman–Crippen MR) is 512 cm³/mol.